The number of rotatable bonds is 7. The number of aromatic nitrogens is 1. The topological polar surface area (TPSA) is 50.5 Å². The summed E-state index contributed by atoms with van der Waals surface area (Å²) in [5.74, 6) is 0.702. The fraction of sp³-hybridized carbons (Fsp3) is 0.278. The second kappa shape index (κ2) is 7.65. The summed E-state index contributed by atoms with van der Waals surface area (Å²) in [5, 5.41) is 0. The molecule has 0 unspecified atom stereocenters. The predicted molar refractivity (Wildman–Crippen MR) is 86.8 cm³/mol. The van der Waals surface area contributed by atoms with Gasteiger partial charge in [-0.05, 0) is 26.2 Å². The SMILES string of the molecule is COc1cccc(C(=O)C[n+]2ccc(C(=O)CN(C)C)cc2)c1. The Balaban J connectivity index is 2.05. The third-order valence-corrected chi connectivity index (χ3v) is 3.39. The molecule has 0 atom stereocenters. The molecular formula is C18H21N2O3+. The fourth-order valence-corrected chi connectivity index (χ4v) is 2.18. The quantitative estimate of drug-likeness (QED) is 0.576. The van der Waals surface area contributed by atoms with E-state index in [1.165, 1.54) is 0 Å². The van der Waals surface area contributed by atoms with Gasteiger partial charge in [-0.15, -0.1) is 0 Å². The molecule has 0 amide bonds. The van der Waals surface area contributed by atoms with Crippen LogP contribution in [-0.2, 0) is 6.54 Å². The van der Waals surface area contributed by atoms with Crippen LogP contribution in [0.5, 0.6) is 5.75 Å². The normalized spacial score (nSPS) is 10.6. The van der Waals surface area contributed by atoms with Crippen molar-refractivity contribution in [1.82, 2.24) is 4.90 Å². The van der Waals surface area contributed by atoms with Crippen LogP contribution >= 0.6 is 0 Å². The van der Waals surface area contributed by atoms with Crippen molar-refractivity contribution < 1.29 is 18.9 Å². The van der Waals surface area contributed by atoms with E-state index in [9.17, 15) is 9.59 Å². The molecule has 1 aromatic heterocycles. The van der Waals surface area contributed by atoms with Gasteiger partial charge in [-0.2, -0.15) is 4.57 Å². The predicted octanol–water partition coefficient (Wildman–Crippen LogP) is 1.61. The molecule has 5 nitrogen and oxygen atoms in total. The lowest BCUT2D eigenvalue weighted by Gasteiger charge is -2.07. The van der Waals surface area contributed by atoms with E-state index in [-0.39, 0.29) is 18.1 Å². The van der Waals surface area contributed by atoms with E-state index in [4.69, 9.17) is 4.74 Å². The van der Waals surface area contributed by atoms with Crippen LogP contribution in [0.4, 0.5) is 0 Å². The van der Waals surface area contributed by atoms with Gasteiger partial charge >= 0.3 is 0 Å². The Morgan fingerprint density at radius 1 is 1.04 bits per heavy atom. The Labute approximate surface area is 136 Å². The molecule has 0 saturated heterocycles. The summed E-state index contributed by atoms with van der Waals surface area (Å²) in [6.07, 6.45) is 3.50. The highest BCUT2D eigenvalue weighted by atomic mass is 16.5. The van der Waals surface area contributed by atoms with Gasteiger partial charge in [0.2, 0.25) is 12.3 Å². The van der Waals surface area contributed by atoms with Crippen molar-refractivity contribution in [1.29, 1.82) is 0 Å². The Morgan fingerprint density at radius 3 is 2.35 bits per heavy atom. The Bertz CT molecular complexity index is 694. The molecule has 0 N–H and O–H groups in total. The minimum absolute atomic E-state index is 0.0127. The maximum Gasteiger partial charge on any atom is 0.227 e. The molecule has 2 rings (SSSR count). The largest absolute Gasteiger partial charge is 0.497 e. The summed E-state index contributed by atoms with van der Waals surface area (Å²) in [6.45, 7) is 0.585. The number of hydrogen-bond acceptors (Lipinski definition) is 4. The zero-order chi connectivity index (χ0) is 16.8. The molecule has 5 heteroatoms. The summed E-state index contributed by atoms with van der Waals surface area (Å²) < 4.78 is 6.89. The van der Waals surface area contributed by atoms with Crippen LogP contribution < -0.4 is 9.30 Å². The average molecular weight is 313 g/mol. The smallest absolute Gasteiger partial charge is 0.227 e. The van der Waals surface area contributed by atoms with Gasteiger partial charge in [0.25, 0.3) is 0 Å². The molecule has 0 spiro atoms. The number of hydrogen-bond donors (Lipinski definition) is 0. The van der Waals surface area contributed by atoms with Crippen LogP contribution in [0.1, 0.15) is 20.7 Å². The number of carbonyl (C=O) groups excluding carboxylic acids is 2. The molecule has 2 aromatic rings. The van der Waals surface area contributed by atoms with Crippen LogP contribution in [0, 0.1) is 0 Å². The van der Waals surface area contributed by atoms with E-state index in [2.05, 4.69) is 0 Å². The molecular weight excluding hydrogens is 292 g/mol. The first-order valence-corrected chi connectivity index (χ1v) is 7.34. The van der Waals surface area contributed by atoms with Crippen LogP contribution in [0.25, 0.3) is 0 Å². The minimum Gasteiger partial charge on any atom is -0.497 e. The highest BCUT2D eigenvalue weighted by molar-refractivity contribution is 5.97. The van der Waals surface area contributed by atoms with Gasteiger partial charge in [-0.25, -0.2) is 0 Å². The summed E-state index contributed by atoms with van der Waals surface area (Å²) in [6, 6.07) is 10.6. The van der Waals surface area contributed by atoms with Gasteiger partial charge in [0.05, 0.1) is 13.7 Å². The number of Topliss-reactive ketones (excluding diaryl/α,β-unsaturated/α-hetero) is 2. The Morgan fingerprint density at radius 2 is 1.74 bits per heavy atom. The van der Waals surface area contributed by atoms with Gasteiger partial charge in [0, 0.05) is 23.3 Å². The van der Waals surface area contributed by atoms with Crippen molar-refractivity contribution in [2.24, 2.45) is 0 Å². The van der Waals surface area contributed by atoms with Gasteiger partial charge in [-0.3, -0.25) is 9.59 Å². The van der Waals surface area contributed by atoms with Gasteiger partial charge in [-0.1, -0.05) is 12.1 Å². The molecule has 0 fully saturated rings. The first-order chi connectivity index (χ1) is 11.0. The summed E-state index contributed by atoms with van der Waals surface area (Å²) in [5.41, 5.74) is 1.24. The first-order valence-electron chi connectivity index (χ1n) is 7.34. The first kappa shape index (κ1) is 16.8. The van der Waals surface area contributed by atoms with E-state index >= 15 is 0 Å². The Kier molecular flexibility index (Phi) is 5.60. The molecule has 1 heterocycles. The molecule has 0 aliphatic heterocycles. The van der Waals surface area contributed by atoms with Crippen LogP contribution in [-0.4, -0.2) is 44.2 Å². The third-order valence-electron chi connectivity index (χ3n) is 3.39. The number of likely N-dealkylation sites (N-methyl/N-ethyl adjacent to an activating group) is 1. The van der Waals surface area contributed by atoms with Crippen LogP contribution in [0.3, 0.4) is 0 Å². The van der Waals surface area contributed by atoms with Crippen molar-refractivity contribution in [2.75, 3.05) is 27.7 Å². The Hall–Kier alpha value is -2.53. The molecule has 23 heavy (non-hydrogen) atoms. The van der Waals surface area contributed by atoms with Gasteiger partial charge in [0.1, 0.15) is 5.75 Å². The van der Waals surface area contributed by atoms with E-state index in [1.807, 2.05) is 19.0 Å². The lowest BCUT2D eigenvalue weighted by atomic mass is 10.1. The molecule has 0 saturated carbocycles. The molecule has 120 valence electrons. The highest BCUT2D eigenvalue weighted by Crippen LogP contribution is 2.13. The average Bonchev–Trinajstić information content (AvgIpc) is 2.55. The van der Waals surface area contributed by atoms with Crippen molar-refractivity contribution in [2.45, 2.75) is 6.54 Å². The van der Waals surface area contributed by atoms with E-state index < -0.39 is 0 Å². The molecule has 0 radical (unpaired) electrons. The maximum absolute atomic E-state index is 12.3. The van der Waals surface area contributed by atoms with E-state index in [1.54, 1.807) is 60.5 Å². The zero-order valence-electron chi connectivity index (χ0n) is 13.7. The monoisotopic (exact) mass is 313 g/mol. The summed E-state index contributed by atoms with van der Waals surface area (Å²) in [4.78, 5) is 26.1. The highest BCUT2D eigenvalue weighted by Gasteiger charge is 2.14. The number of ether oxygens (including phenoxy) is 1. The van der Waals surface area contributed by atoms with Crippen LogP contribution in [0.15, 0.2) is 48.8 Å². The van der Waals surface area contributed by atoms with Crippen LogP contribution in [0.2, 0.25) is 0 Å². The second-order valence-corrected chi connectivity index (χ2v) is 5.58. The summed E-state index contributed by atoms with van der Waals surface area (Å²) >= 11 is 0. The lowest BCUT2D eigenvalue weighted by molar-refractivity contribution is -0.683. The fourth-order valence-electron chi connectivity index (χ4n) is 2.18. The standard InChI is InChI=1S/C18H21N2O3/c1-19(2)12-17(21)14-7-9-20(10-8-14)13-18(22)15-5-4-6-16(11-15)23-3/h4-11H,12-13H2,1-3H3/q+1. The molecule has 0 bridgehead atoms. The molecule has 0 aliphatic carbocycles. The second-order valence-electron chi connectivity index (χ2n) is 5.58. The molecule has 1 aromatic carbocycles. The van der Waals surface area contributed by atoms with Crippen molar-refractivity contribution >= 4 is 11.6 Å². The van der Waals surface area contributed by atoms with Gasteiger partial charge < -0.3 is 9.64 Å². The van der Waals surface area contributed by atoms with Crippen molar-refractivity contribution in [3.63, 3.8) is 0 Å². The van der Waals surface area contributed by atoms with Crippen molar-refractivity contribution in [3.8, 4) is 5.75 Å². The zero-order valence-corrected chi connectivity index (χ0v) is 13.7. The number of pyridine rings is 1. The summed E-state index contributed by atoms with van der Waals surface area (Å²) in [7, 11) is 5.28. The van der Waals surface area contributed by atoms with Gasteiger partial charge in [0.15, 0.2) is 18.2 Å². The minimum atomic E-state index is -0.0127. The number of ketones is 2. The van der Waals surface area contributed by atoms with E-state index in [0.29, 0.717) is 23.4 Å². The number of nitrogens with zero attached hydrogens (tertiary/aromatic N) is 2. The molecule has 0 aliphatic rings. The number of carbonyl (C=O) groups is 2. The number of methoxy groups -OCH3 is 1. The lowest BCUT2D eigenvalue weighted by Crippen LogP contribution is -2.37. The van der Waals surface area contributed by atoms with Crippen molar-refractivity contribution in [3.05, 3.63) is 59.9 Å². The maximum atomic E-state index is 12.3. The number of benzene rings is 1. The van der Waals surface area contributed by atoms with E-state index in [0.717, 1.165) is 0 Å². The third kappa shape index (κ3) is 4.72.